The predicted molar refractivity (Wildman–Crippen MR) is 83.5 cm³/mol. The molecule has 1 amide bonds. The van der Waals surface area contributed by atoms with E-state index in [0.29, 0.717) is 17.4 Å². The molecule has 2 aliphatic rings. The quantitative estimate of drug-likeness (QED) is 0.908. The first-order valence-electron chi connectivity index (χ1n) is 7.61. The van der Waals surface area contributed by atoms with E-state index in [2.05, 4.69) is 17.4 Å². The van der Waals surface area contributed by atoms with Crippen molar-refractivity contribution in [3.63, 3.8) is 0 Å². The Bertz CT molecular complexity index is 713. The summed E-state index contributed by atoms with van der Waals surface area (Å²) in [6, 6.07) is 8.44. The summed E-state index contributed by atoms with van der Waals surface area (Å²) in [5, 5.41) is 3.01. The molecule has 1 aromatic carbocycles. The Morgan fingerprint density at radius 3 is 2.81 bits per heavy atom. The highest BCUT2D eigenvalue weighted by molar-refractivity contribution is 6.04. The lowest BCUT2D eigenvalue weighted by molar-refractivity contribution is 0.101. The van der Waals surface area contributed by atoms with Crippen molar-refractivity contribution in [3.8, 4) is 0 Å². The van der Waals surface area contributed by atoms with Gasteiger partial charge in [-0.2, -0.15) is 0 Å². The first kappa shape index (κ1) is 12.5. The van der Waals surface area contributed by atoms with Gasteiger partial charge >= 0.3 is 0 Å². The van der Waals surface area contributed by atoms with Gasteiger partial charge in [-0.25, -0.2) is 0 Å². The fraction of sp³-hybridized carbons (Fsp3) is 0.353. The Morgan fingerprint density at radius 2 is 2.00 bits per heavy atom. The SMILES string of the molecule is Nc1cc(C(=O)Nc2ccc3c(c2)CCC3)n(C2CC2)c1. The number of carbonyl (C=O) groups excluding carboxylic acids is 1. The summed E-state index contributed by atoms with van der Waals surface area (Å²) >= 11 is 0. The number of nitrogens with two attached hydrogens (primary N) is 1. The molecule has 3 N–H and O–H groups in total. The van der Waals surface area contributed by atoms with Crippen molar-refractivity contribution in [1.29, 1.82) is 0 Å². The molecule has 0 saturated heterocycles. The maximum Gasteiger partial charge on any atom is 0.272 e. The van der Waals surface area contributed by atoms with E-state index < -0.39 is 0 Å². The number of anilines is 2. The maximum atomic E-state index is 12.5. The average molecular weight is 281 g/mol. The zero-order valence-corrected chi connectivity index (χ0v) is 11.9. The average Bonchev–Trinajstić information content (AvgIpc) is 3.07. The monoisotopic (exact) mass is 281 g/mol. The second-order valence-corrected chi connectivity index (χ2v) is 6.09. The minimum atomic E-state index is -0.0726. The fourth-order valence-corrected chi connectivity index (χ4v) is 3.18. The van der Waals surface area contributed by atoms with E-state index in [1.807, 2.05) is 16.8 Å². The number of hydrogen-bond donors (Lipinski definition) is 2. The molecule has 0 bridgehead atoms. The Morgan fingerprint density at radius 1 is 1.19 bits per heavy atom. The van der Waals surface area contributed by atoms with Crippen LogP contribution in [-0.2, 0) is 12.8 Å². The molecule has 0 aliphatic heterocycles. The highest BCUT2D eigenvalue weighted by Crippen LogP contribution is 2.37. The summed E-state index contributed by atoms with van der Waals surface area (Å²) in [4.78, 5) is 12.5. The van der Waals surface area contributed by atoms with Gasteiger partial charge in [0, 0.05) is 17.9 Å². The molecule has 0 atom stereocenters. The third-order valence-electron chi connectivity index (χ3n) is 4.40. The first-order chi connectivity index (χ1) is 10.2. The number of carbonyl (C=O) groups is 1. The second-order valence-electron chi connectivity index (χ2n) is 6.09. The largest absolute Gasteiger partial charge is 0.397 e. The Labute approximate surface area is 124 Å². The smallest absolute Gasteiger partial charge is 0.272 e. The summed E-state index contributed by atoms with van der Waals surface area (Å²) in [5.41, 5.74) is 10.8. The van der Waals surface area contributed by atoms with E-state index in [4.69, 9.17) is 5.73 Å². The molecule has 4 heteroatoms. The molecule has 4 rings (SSSR count). The third kappa shape index (κ3) is 2.31. The van der Waals surface area contributed by atoms with E-state index in [1.165, 1.54) is 17.5 Å². The van der Waals surface area contributed by atoms with Crippen LogP contribution in [0, 0.1) is 0 Å². The van der Waals surface area contributed by atoms with Crippen molar-refractivity contribution >= 4 is 17.3 Å². The molecule has 1 heterocycles. The zero-order valence-electron chi connectivity index (χ0n) is 11.9. The molecular formula is C17H19N3O. The number of aromatic nitrogens is 1. The number of nitrogens with one attached hydrogen (secondary N) is 1. The van der Waals surface area contributed by atoms with Crippen LogP contribution in [0.2, 0.25) is 0 Å². The van der Waals surface area contributed by atoms with Crippen molar-refractivity contribution in [3.05, 3.63) is 47.3 Å². The number of aryl methyl sites for hydroxylation is 2. The van der Waals surface area contributed by atoms with Crippen LogP contribution >= 0.6 is 0 Å². The van der Waals surface area contributed by atoms with E-state index in [9.17, 15) is 4.79 Å². The van der Waals surface area contributed by atoms with Gasteiger partial charge in [0.2, 0.25) is 0 Å². The molecular weight excluding hydrogens is 262 g/mol. The molecule has 2 aromatic rings. The van der Waals surface area contributed by atoms with Gasteiger partial charge in [-0.3, -0.25) is 4.79 Å². The lowest BCUT2D eigenvalue weighted by Crippen LogP contribution is -2.16. The maximum absolute atomic E-state index is 12.5. The minimum Gasteiger partial charge on any atom is -0.397 e. The number of nitrogens with zero attached hydrogens (tertiary/aromatic N) is 1. The van der Waals surface area contributed by atoms with E-state index in [0.717, 1.165) is 31.4 Å². The molecule has 1 saturated carbocycles. The van der Waals surface area contributed by atoms with Crippen LogP contribution in [0.3, 0.4) is 0 Å². The van der Waals surface area contributed by atoms with Crippen LogP contribution in [-0.4, -0.2) is 10.5 Å². The molecule has 0 radical (unpaired) electrons. The number of benzene rings is 1. The van der Waals surface area contributed by atoms with Crippen LogP contribution in [0.15, 0.2) is 30.5 Å². The molecule has 1 fully saturated rings. The molecule has 2 aliphatic carbocycles. The molecule has 4 nitrogen and oxygen atoms in total. The molecule has 21 heavy (non-hydrogen) atoms. The number of amides is 1. The van der Waals surface area contributed by atoms with Crippen molar-refractivity contribution in [2.24, 2.45) is 0 Å². The first-order valence-corrected chi connectivity index (χ1v) is 7.61. The molecule has 1 aromatic heterocycles. The number of fused-ring (bicyclic) bond motifs is 1. The number of rotatable bonds is 3. The van der Waals surface area contributed by atoms with Crippen LogP contribution in [0.1, 0.15) is 46.9 Å². The fourth-order valence-electron chi connectivity index (χ4n) is 3.18. The third-order valence-corrected chi connectivity index (χ3v) is 4.40. The summed E-state index contributed by atoms with van der Waals surface area (Å²) < 4.78 is 2.01. The lowest BCUT2D eigenvalue weighted by atomic mass is 10.1. The van der Waals surface area contributed by atoms with Crippen molar-refractivity contribution in [1.82, 2.24) is 4.57 Å². The van der Waals surface area contributed by atoms with Gasteiger partial charge in [0.15, 0.2) is 0 Å². The van der Waals surface area contributed by atoms with Crippen LogP contribution in [0.25, 0.3) is 0 Å². The Kier molecular flexibility index (Phi) is 2.77. The summed E-state index contributed by atoms with van der Waals surface area (Å²) in [6.07, 6.45) is 7.62. The van der Waals surface area contributed by atoms with Crippen LogP contribution in [0.5, 0.6) is 0 Å². The predicted octanol–water partition coefficient (Wildman–Crippen LogP) is 3.15. The number of nitrogen functional groups attached to an aromatic ring is 1. The summed E-state index contributed by atoms with van der Waals surface area (Å²) in [6.45, 7) is 0. The van der Waals surface area contributed by atoms with Gasteiger partial charge in [0.25, 0.3) is 5.91 Å². The number of hydrogen-bond acceptors (Lipinski definition) is 2. The Balaban J connectivity index is 1.58. The lowest BCUT2D eigenvalue weighted by Gasteiger charge is -2.10. The van der Waals surface area contributed by atoms with Gasteiger partial charge in [-0.05, 0) is 61.4 Å². The second kappa shape index (κ2) is 4.65. The van der Waals surface area contributed by atoms with Crippen molar-refractivity contribution < 1.29 is 4.79 Å². The summed E-state index contributed by atoms with van der Waals surface area (Å²) in [5.74, 6) is -0.0726. The Hall–Kier alpha value is -2.23. The molecule has 108 valence electrons. The van der Waals surface area contributed by atoms with E-state index >= 15 is 0 Å². The van der Waals surface area contributed by atoms with E-state index in [1.54, 1.807) is 6.07 Å². The van der Waals surface area contributed by atoms with Crippen molar-refractivity contribution in [2.45, 2.75) is 38.1 Å². The summed E-state index contributed by atoms with van der Waals surface area (Å²) in [7, 11) is 0. The zero-order chi connectivity index (χ0) is 14.4. The van der Waals surface area contributed by atoms with Gasteiger partial charge in [-0.1, -0.05) is 6.07 Å². The highest BCUT2D eigenvalue weighted by Gasteiger charge is 2.27. The van der Waals surface area contributed by atoms with Gasteiger partial charge in [0.1, 0.15) is 5.69 Å². The highest BCUT2D eigenvalue weighted by atomic mass is 16.1. The topological polar surface area (TPSA) is 60.1 Å². The van der Waals surface area contributed by atoms with Crippen molar-refractivity contribution in [2.75, 3.05) is 11.1 Å². The standard InChI is InChI=1S/C17H19N3O/c18-13-9-16(20(10-13)15-6-7-15)17(21)19-14-5-4-11-2-1-3-12(11)8-14/h4-5,8-10,15H,1-3,6-7,18H2,(H,19,21). The van der Waals surface area contributed by atoms with Gasteiger partial charge in [-0.15, -0.1) is 0 Å². The minimum absolute atomic E-state index is 0.0726. The molecule has 0 unspecified atom stereocenters. The van der Waals surface area contributed by atoms with Crippen LogP contribution in [0.4, 0.5) is 11.4 Å². The molecule has 0 spiro atoms. The van der Waals surface area contributed by atoms with E-state index in [-0.39, 0.29) is 5.91 Å². The van der Waals surface area contributed by atoms with Crippen LogP contribution < -0.4 is 11.1 Å². The van der Waals surface area contributed by atoms with Gasteiger partial charge in [0.05, 0.1) is 5.69 Å². The van der Waals surface area contributed by atoms with Gasteiger partial charge < -0.3 is 15.6 Å². The normalized spacial score (nSPS) is 16.8.